The maximum absolute atomic E-state index is 12.7. The van der Waals surface area contributed by atoms with Crippen molar-refractivity contribution < 1.29 is 24.2 Å². The predicted octanol–water partition coefficient (Wildman–Crippen LogP) is 3.50. The number of benzene rings is 2. The molecule has 148 valence electrons. The van der Waals surface area contributed by atoms with Gasteiger partial charge in [0.25, 0.3) is 5.91 Å². The van der Waals surface area contributed by atoms with Gasteiger partial charge >= 0.3 is 5.97 Å². The second kappa shape index (κ2) is 9.37. The summed E-state index contributed by atoms with van der Waals surface area (Å²) in [4.78, 5) is 23.9. The number of carboxylic acid groups (broad SMARTS) is 1. The van der Waals surface area contributed by atoms with E-state index < -0.39 is 12.0 Å². The van der Waals surface area contributed by atoms with Crippen LogP contribution in [0, 0.1) is 6.92 Å². The van der Waals surface area contributed by atoms with Gasteiger partial charge in [0.1, 0.15) is 11.9 Å². The number of nitrogens with one attached hydrogen (secondary N) is 1. The first kappa shape index (κ1) is 19.9. The second-order valence-electron chi connectivity index (χ2n) is 6.93. The van der Waals surface area contributed by atoms with Gasteiger partial charge < -0.3 is 19.9 Å². The molecule has 1 atom stereocenters. The standard InChI is InChI=1S/C22H25NO5/c1-15-4-2-3-5-19(15)20(14-21(24)25)23-22(26)16-6-8-17(9-7-16)28-18-10-12-27-13-11-18/h2-9,18,20H,10-14H2,1H3,(H,23,26)(H,24,25). The largest absolute Gasteiger partial charge is 0.490 e. The summed E-state index contributed by atoms with van der Waals surface area (Å²) in [6, 6.07) is 13.8. The number of amides is 1. The molecule has 1 aliphatic rings. The van der Waals surface area contributed by atoms with Crippen LogP contribution in [0.15, 0.2) is 48.5 Å². The molecule has 28 heavy (non-hydrogen) atoms. The molecule has 2 aromatic carbocycles. The molecule has 1 heterocycles. The SMILES string of the molecule is Cc1ccccc1C(CC(=O)O)NC(=O)c1ccc(OC2CCOCC2)cc1. The zero-order valence-corrected chi connectivity index (χ0v) is 15.9. The zero-order valence-electron chi connectivity index (χ0n) is 15.9. The van der Waals surface area contributed by atoms with E-state index in [2.05, 4.69) is 5.32 Å². The second-order valence-corrected chi connectivity index (χ2v) is 6.93. The molecule has 1 saturated heterocycles. The summed E-state index contributed by atoms with van der Waals surface area (Å²) in [7, 11) is 0. The highest BCUT2D eigenvalue weighted by Gasteiger charge is 2.21. The summed E-state index contributed by atoms with van der Waals surface area (Å²) < 4.78 is 11.2. The average molecular weight is 383 g/mol. The van der Waals surface area contributed by atoms with E-state index in [9.17, 15) is 14.7 Å². The first-order chi connectivity index (χ1) is 13.5. The molecule has 1 amide bonds. The fourth-order valence-electron chi connectivity index (χ4n) is 3.30. The van der Waals surface area contributed by atoms with Crippen molar-refractivity contribution >= 4 is 11.9 Å². The Kier molecular flexibility index (Phi) is 6.66. The summed E-state index contributed by atoms with van der Waals surface area (Å²) in [5.74, 6) is -0.565. The lowest BCUT2D eigenvalue weighted by molar-refractivity contribution is -0.137. The van der Waals surface area contributed by atoms with Crippen molar-refractivity contribution in [2.75, 3.05) is 13.2 Å². The Morgan fingerprint density at radius 1 is 1.14 bits per heavy atom. The molecule has 0 spiro atoms. The number of aliphatic carboxylic acids is 1. The smallest absolute Gasteiger partial charge is 0.305 e. The monoisotopic (exact) mass is 383 g/mol. The van der Waals surface area contributed by atoms with Crippen molar-refractivity contribution in [2.45, 2.75) is 38.3 Å². The van der Waals surface area contributed by atoms with Crippen molar-refractivity contribution in [2.24, 2.45) is 0 Å². The minimum Gasteiger partial charge on any atom is -0.490 e. The number of carbonyl (C=O) groups excluding carboxylic acids is 1. The first-order valence-electron chi connectivity index (χ1n) is 9.45. The van der Waals surface area contributed by atoms with Gasteiger partial charge in [-0.25, -0.2) is 0 Å². The van der Waals surface area contributed by atoms with E-state index in [0.717, 1.165) is 24.0 Å². The third-order valence-electron chi connectivity index (χ3n) is 4.84. The van der Waals surface area contributed by atoms with Crippen LogP contribution in [-0.4, -0.2) is 36.3 Å². The third kappa shape index (κ3) is 5.33. The van der Waals surface area contributed by atoms with Gasteiger partial charge in [-0.2, -0.15) is 0 Å². The molecule has 2 N–H and O–H groups in total. The number of rotatable bonds is 7. The summed E-state index contributed by atoms with van der Waals surface area (Å²) >= 11 is 0. The van der Waals surface area contributed by atoms with Crippen LogP contribution < -0.4 is 10.1 Å². The maximum Gasteiger partial charge on any atom is 0.305 e. The first-order valence-corrected chi connectivity index (χ1v) is 9.45. The molecule has 0 aromatic heterocycles. The molecule has 0 bridgehead atoms. The minimum atomic E-state index is -0.964. The maximum atomic E-state index is 12.7. The van der Waals surface area contributed by atoms with Crippen LogP contribution in [-0.2, 0) is 9.53 Å². The van der Waals surface area contributed by atoms with Crippen molar-refractivity contribution in [3.05, 3.63) is 65.2 Å². The lowest BCUT2D eigenvalue weighted by Crippen LogP contribution is -2.30. The average Bonchev–Trinajstić information content (AvgIpc) is 2.69. The Balaban J connectivity index is 1.67. The van der Waals surface area contributed by atoms with Crippen LogP contribution in [0.1, 0.15) is 46.8 Å². The van der Waals surface area contributed by atoms with E-state index in [1.165, 1.54) is 0 Å². The normalized spacial score (nSPS) is 15.6. The van der Waals surface area contributed by atoms with Crippen LogP contribution in [0.25, 0.3) is 0 Å². The summed E-state index contributed by atoms with van der Waals surface area (Å²) in [6.45, 7) is 3.31. The Bertz CT molecular complexity index is 812. The predicted molar refractivity (Wildman–Crippen MR) is 105 cm³/mol. The van der Waals surface area contributed by atoms with Gasteiger partial charge in [-0.3, -0.25) is 9.59 Å². The van der Waals surface area contributed by atoms with Crippen molar-refractivity contribution in [3.63, 3.8) is 0 Å². The minimum absolute atomic E-state index is 0.134. The highest BCUT2D eigenvalue weighted by atomic mass is 16.5. The van der Waals surface area contributed by atoms with Crippen molar-refractivity contribution in [3.8, 4) is 5.75 Å². The van der Waals surface area contributed by atoms with Gasteiger partial charge in [0.05, 0.1) is 25.7 Å². The Labute approximate surface area is 164 Å². The molecule has 6 nitrogen and oxygen atoms in total. The zero-order chi connectivity index (χ0) is 19.9. The molecule has 1 aliphatic heterocycles. The molecular weight excluding hydrogens is 358 g/mol. The number of hydrogen-bond acceptors (Lipinski definition) is 4. The number of hydrogen-bond donors (Lipinski definition) is 2. The van der Waals surface area contributed by atoms with Crippen LogP contribution in [0.5, 0.6) is 5.75 Å². The van der Waals surface area contributed by atoms with Gasteiger partial charge in [-0.1, -0.05) is 24.3 Å². The highest BCUT2D eigenvalue weighted by molar-refractivity contribution is 5.94. The van der Waals surface area contributed by atoms with Gasteiger partial charge in [-0.05, 0) is 42.3 Å². The third-order valence-corrected chi connectivity index (χ3v) is 4.84. The van der Waals surface area contributed by atoms with Gasteiger partial charge in [0.15, 0.2) is 0 Å². The van der Waals surface area contributed by atoms with Gasteiger partial charge in [0, 0.05) is 18.4 Å². The summed E-state index contributed by atoms with van der Waals surface area (Å²) in [5, 5.41) is 12.1. The van der Waals surface area contributed by atoms with Crippen LogP contribution in [0.2, 0.25) is 0 Å². The molecule has 0 aliphatic carbocycles. The molecule has 1 fully saturated rings. The number of carboxylic acids is 1. The fraction of sp³-hybridized carbons (Fsp3) is 0.364. The van der Waals surface area contributed by atoms with Crippen LogP contribution in [0.3, 0.4) is 0 Å². The molecule has 6 heteroatoms. The number of carbonyl (C=O) groups is 2. The Morgan fingerprint density at radius 3 is 2.46 bits per heavy atom. The van der Waals surface area contributed by atoms with Gasteiger partial charge in [-0.15, -0.1) is 0 Å². The molecule has 0 radical (unpaired) electrons. The fourth-order valence-corrected chi connectivity index (χ4v) is 3.30. The highest BCUT2D eigenvalue weighted by Crippen LogP contribution is 2.22. The lowest BCUT2D eigenvalue weighted by atomic mass is 9.98. The Hall–Kier alpha value is -2.86. The van der Waals surface area contributed by atoms with Crippen LogP contribution >= 0.6 is 0 Å². The topological polar surface area (TPSA) is 84.9 Å². The molecular formula is C22H25NO5. The van der Waals surface area contributed by atoms with Gasteiger partial charge in [0.2, 0.25) is 0 Å². The summed E-state index contributed by atoms with van der Waals surface area (Å²) in [5.41, 5.74) is 2.20. The molecule has 3 rings (SSSR count). The van der Waals surface area contributed by atoms with E-state index in [0.29, 0.717) is 24.5 Å². The number of ether oxygens (including phenoxy) is 2. The molecule has 2 aromatic rings. The van der Waals surface area contributed by atoms with Crippen LogP contribution in [0.4, 0.5) is 0 Å². The number of aryl methyl sites for hydroxylation is 1. The van der Waals surface area contributed by atoms with E-state index >= 15 is 0 Å². The lowest BCUT2D eigenvalue weighted by Gasteiger charge is -2.23. The summed E-state index contributed by atoms with van der Waals surface area (Å²) in [6.07, 6.45) is 1.67. The molecule has 1 unspecified atom stereocenters. The Morgan fingerprint density at radius 2 is 1.82 bits per heavy atom. The quantitative estimate of drug-likeness (QED) is 0.764. The van der Waals surface area contributed by atoms with E-state index in [1.54, 1.807) is 24.3 Å². The molecule has 0 saturated carbocycles. The van der Waals surface area contributed by atoms with Crippen molar-refractivity contribution in [1.82, 2.24) is 5.32 Å². The van der Waals surface area contributed by atoms with E-state index in [1.807, 2.05) is 31.2 Å². The van der Waals surface area contributed by atoms with E-state index in [4.69, 9.17) is 9.47 Å². The van der Waals surface area contributed by atoms with E-state index in [-0.39, 0.29) is 18.4 Å². The van der Waals surface area contributed by atoms with Crippen molar-refractivity contribution in [1.29, 1.82) is 0 Å².